The second kappa shape index (κ2) is 24.2. The summed E-state index contributed by atoms with van der Waals surface area (Å²) >= 11 is 0.856. The molecule has 0 aliphatic carbocycles. The highest BCUT2D eigenvalue weighted by Crippen LogP contribution is 2.67. The van der Waals surface area contributed by atoms with E-state index in [2.05, 4.69) is 5.32 Å². The number of benzene rings is 2. The zero-order valence-corrected chi connectivity index (χ0v) is 41.3. The number of carbonyl (C=O) groups excluding carboxylic acids is 3. The molecule has 0 saturated carbocycles. The molecule has 3 aliphatic rings. The second-order valence-electron chi connectivity index (χ2n) is 16.9. The summed E-state index contributed by atoms with van der Waals surface area (Å²) in [6, 6.07) is 4.69. The van der Waals surface area contributed by atoms with Gasteiger partial charge in [-0.1, -0.05) is 32.0 Å². The van der Waals surface area contributed by atoms with E-state index in [0.717, 1.165) is 18.4 Å². The predicted octanol–water partition coefficient (Wildman–Crippen LogP) is 6.33. The molecule has 3 atom stereocenters. The van der Waals surface area contributed by atoms with Gasteiger partial charge in [-0.25, -0.2) is 21.5 Å². The smallest absolute Gasteiger partial charge is 0.360 e. The van der Waals surface area contributed by atoms with Crippen LogP contribution in [0.4, 0.5) is 17.6 Å². The second-order valence-corrected chi connectivity index (χ2v) is 23.5. The van der Waals surface area contributed by atoms with E-state index in [1.807, 2.05) is 13.8 Å². The number of nitrogens with one attached hydrogen (secondary N) is 1. The first kappa shape index (κ1) is 54.2. The number of fused-ring (bicyclic) bond motifs is 2. The SMILES string of the molecule is CCCC(O)=[SH]CCOP(=O)(OCC[SH]=C(O)CCC)C(F)(F)c1ccc2ccc(C(=O)N[C@H]3CN(CC(F)F)CC[C@H]4CC[C@@H](C(=O)N(C)C5CCN(S(C)(=O)=O)CC5)N4C3=O)cc2c1. The van der Waals surface area contributed by atoms with E-state index in [1.54, 1.807) is 11.9 Å². The molecule has 0 unspecified atom stereocenters. The molecule has 0 aromatic heterocycles. The highest BCUT2D eigenvalue weighted by Gasteiger charge is 2.55. The lowest BCUT2D eigenvalue weighted by molar-refractivity contribution is -0.148. The Labute approximate surface area is 392 Å². The molecule has 5 rings (SSSR count). The van der Waals surface area contributed by atoms with Gasteiger partial charge in [0.1, 0.15) is 12.1 Å². The van der Waals surface area contributed by atoms with E-state index >= 15 is 8.78 Å². The van der Waals surface area contributed by atoms with Crippen LogP contribution in [-0.2, 0) is 38.9 Å². The zero-order chi connectivity index (χ0) is 48.4. The minimum atomic E-state index is -5.26. The van der Waals surface area contributed by atoms with Crippen molar-refractivity contribution in [1.82, 2.24) is 24.3 Å². The van der Waals surface area contributed by atoms with Gasteiger partial charge in [0.2, 0.25) is 21.8 Å². The number of hydrogen-bond acceptors (Lipinski definition) is 9. The number of alkyl halides is 4. The van der Waals surface area contributed by atoms with Crippen LogP contribution >= 0.6 is 30.3 Å². The molecule has 15 nitrogen and oxygen atoms in total. The van der Waals surface area contributed by atoms with Gasteiger partial charge in [-0.15, -0.1) is 0 Å². The Bertz CT molecular complexity index is 2220. The molecule has 3 aliphatic heterocycles. The topological polar surface area (TPSA) is 186 Å². The highest BCUT2D eigenvalue weighted by molar-refractivity contribution is 7.98. The van der Waals surface area contributed by atoms with Crippen molar-refractivity contribution in [3.63, 3.8) is 0 Å². The van der Waals surface area contributed by atoms with Crippen LogP contribution in [0.25, 0.3) is 10.8 Å². The third-order valence-corrected chi connectivity index (χ3v) is 17.4. The molecule has 23 heteroatoms. The molecule has 3 heterocycles. The first-order valence-corrected chi connectivity index (χ1v) is 27.8. The molecular weight excluding hydrogens is 950 g/mol. The van der Waals surface area contributed by atoms with Crippen molar-refractivity contribution < 1.29 is 64.2 Å². The average Bonchev–Trinajstić information content (AvgIpc) is 3.69. The van der Waals surface area contributed by atoms with Crippen molar-refractivity contribution in [2.24, 2.45) is 0 Å². The summed E-state index contributed by atoms with van der Waals surface area (Å²) in [6.07, 6.45) is 2.41. The van der Waals surface area contributed by atoms with E-state index in [1.165, 1.54) is 38.4 Å². The standard InChI is InChI=1S/C43H64F4N5O10PS3/c1-5-7-38(53)64-23-21-61-63(58,62-22-24-65-39(54)8-6-2)43(46,47)32-12-11-29-9-10-30(25-31(29)26-32)40(55)48-35-27-50(28-37(44)45)18-15-34-13-14-36(52(34)41(35)56)42(57)49(3)33-16-19-51(20-17-33)66(4,59)60/h9-12,25-26,33-37,53-54,64-65H,5-8,13-24,27-28H2,1-4H3,(H,48,55)/t34-,35+,36+/m1/s1. The van der Waals surface area contributed by atoms with Gasteiger partial charge in [-0.2, -0.15) is 31.5 Å². The summed E-state index contributed by atoms with van der Waals surface area (Å²) in [5, 5.41) is 23.6. The van der Waals surface area contributed by atoms with Crippen LogP contribution in [0.15, 0.2) is 36.4 Å². The number of amides is 3. The van der Waals surface area contributed by atoms with E-state index < -0.39 is 85.0 Å². The first-order valence-electron chi connectivity index (χ1n) is 22.3. The Morgan fingerprint density at radius 2 is 1.53 bits per heavy atom. The van der Waals surface area contributed by atoms with Gasteiger partial charge in [0.25, 0.3) is 12.3 Å². The van der Waals surface area contributed by atoms with Crippen LogP contribution in [0, 0.1) is 0 Å². The number of aliphatic hydroxyl groups excluding tert-OH is 2. The minimum absolute atomic E-state index is 0.0519. The Balaban J connectivity index is 1.38. The van der Waals surface area contributed by atoms with E-state index in [0.29, 0.717) is 85.9 Å². The molecular formula is C43H64F4N5O10PS3. The largest absolute Gasteiger partial charge is 0.404 e. The summed E-state index contributed by atoms with van der Waals surface area (Å²) in [5.41, 5.74) is -4.98. The molecule has 0 spiro atoms. The first-order chi connectivity index (χ1) is 31.2. The molecule has 0 bridgehead atoms. The number of aliphatic hydroxyl groups is 2. The molecule has 3 N–H and O–H groups in total. The number of rotatable bonds is 21. The number of piperidine rings is 1. The van der Waals surface area contributed by atoms with E-state index in [9.17, 15) is 46.4 Å². The van der Waals surface area contributed by atoms with Gasteiger partial charge in [0, 0.05) is 67.9 Å². The number of likely N-dealkylation sites (N-methyl/N-ethyl adjacent to an activating group) is 1. The van der Waals surface area contributed by atoms with Gasteiger partial charge < -0.3 is 34.4 Å². The fourth-order valence-corrected chi connectivity index (χ4v) is 12.9. The summed E-state index contributed by atoms with van der Waals surface area (Å²) in [6.45, 7) is 2.59. The number of hydrogen-bond donors (Lipinski definition) is 5. The zero-order valence-electron chi connectivity index (χ0n) is 37.8. The molecule has 0 radical (unpaired) electrons. The Morgan fingerprint density at radius 1 is 0.924 bits per heavy atom. The van der Waals surface area contributed by atoms with Crippen LogP contribution in [-0.4, -0.2) is 167 Å². The maximum Gasteiger partial charge on any atom is 0.404 e. The molecule has 372 valence electrons. The lowest BCUT2D eigenvalue weighted by Crippen LogP contribution is -2.61. The maximum atomic E-state index is 16.5. The lowest BCUT2D eigenvalue weighted by Gasteiger charge is -2.41. The Kier molecular flexibility index (Phi) is 19.8. The van der Waals surface area contributed by atoms with Crippen LogP contribution in [0.3, 0.4) is 0 Å². The molecule has 2 aromatic carbocycles. The molecule has 2 aromatic rings. The molecule has 3 saturated heterocycles. The molecule has 3 fully saturated rings. The van der Waals surface area contributed by atoms with Crippen LogP contribution < -0.4 is 5.32 Å². The fourth-order valence-electron chi connectivity index (χ4n) is 8.58. The van der Waals surface area contributed by atoms with Gasteiger partial charge in [0.05, 0.1) is 36.1 Å². The van der Waals surface area contributed by atoms with Gasteiger partial charge >= 0.3 is 13.3 Å². The lowest BCUT2D eigenvalue weighted by atomic mass is 10.0. The summed E-state index contributed by atoms with van der Waals surface area (Å²) < 4.78 is 111. The van der Waals surface area contributed by atoms with Crippen molar-refractivity contribution in [3.8, 4) is 0 Å². The molecule has 3 amide bonds. The fraction of sp³-hybridized carbons (Fsp3) is 0.651. The van der Waals surface area contributed by atoms with Crippen LogP contribution in [0.2, 0.25) is 0 Å². The third-order valence-electron chi connectivity index (χ3n) is 12.1. The quantitative estimate of drug-likeness (QED) is 0.0309. The highest BCUT2D eigenvalue weighted by atomic mass is 32.2. The number of sulfonamides is 1. The minimum Gasteiger partial charge on any atom is -0.360 e. The number of nitrogens with zero attached hydrogens (tertiary/aromatic N) is 4. The van der Waals surface area contributed by atoms with E-state index in [4.69, 9.17) is 9.05 Å². The molecule has 66 heavy (non-hydrogen) atoms. The Morgan fingerprint density at radius 3 is 2.11 bits per heavy atom. The van der Waals surface area contributed by atoms with Crippen molar-refractivity contribution in [3.05, 3.63) is 47.5 Å². The van der Waals surface area contributed by atoms with Gasteiger partial charge in [-0.3, -0.25) is 23.8 Å². The predicted molar refractivity (Wildman–Crippen MR) is 254 cm³/mol. The van der Waals surface area contributed by atoms with Crippen molar-refractivity contribution >= 4 is 78.9 Å². The average molecular weight is 1010 g/mol. The maximum absolute atomic E-state index is 16.5. The number of thiol groups is 2. The van der Waals surface area contributed by atoms with Crippen molar-refractivity contribution in [1.29, 1.82) is 0 Å². The van der Waals surface area contributed by atoms with E-state index in [-0.39, 0.29) is 70.7 Å². The van der Waals surface area contributed by atoms with Crippen LogP contribution in [0.1, 0.15) is 87.6 Å². The van der Waals surface area contributed by atoms with Crippen LogP contribution in [0.5, 0.6) is 0 Å². The summed E-state index contributed by atoms with van der Waals surface area (Å²) in [4.78, 5) is 47.0. The van der Waals surface area contributed by atoms with Crippen molar-refractivity contribution in [2.45, 2.75) is 108 Å². The van der Waals surface area contributed by atoms with Crippen molar-refractivity contribution in [2.75, 3.05) is 70.7 Å². The number of carbonyl (C=O) groups is 3. The monoisotopic (exact) mass is 1010 g/mol. The summed E-state index contributed by atoms with van der Waals surface area (Å²) in [5.74, 6) is -1.63. The van der Waals surface area contributed by atoms with Gasteiger partial charge in [-0.05, 0) is 86.8 Å². The number of halogens is 4. The normalized spacial score (nSPS) is 22.3. The third kappa shape index (κ3) is 13.9. The Hall–Kier alpha value is -2.79. The summed E-state index contributed by atoms with van der Waals surface area (Å²) in [7, 11) is -7.04. The van der Waals surface area contributed by atoms with Gasteiger partial charge in [0.15, 0.2) is 0 Å².